The number of benzene rings is 1. The van der Waals surface area contributed by atoms with Crippen molar-refractivity contribution in [3.63, 3.8) is 0 Å². The zero-order valence-electron chi connectivity index (χ0n) is 9.46. The van der Waals surface area contributed by atoms with Gasteiger partial charge in [0.15, 0.2) is 0 Å². The first kappa shape index (κ1) is 12.2. The van der Waals surface area contributed by atoms with E-state index in [1.807, 2.05) is 0 Å². The maximum atomic E-state index is 2.17. The maximum absolute atomic E-state index is 2.17. The fourth-order valence-electron chi connectivity index (χ4n) is 0.807. The smallest absolute Gasteiger partial charge is 0.00533 e. The van der Waals surface area contributed by atoms with Gasteiger partial charge in [0.2, 0.25) is 0 Å². The van der Waals surface area contributed by atoms with Crippen LogP contribution in [-0.2, 0) is 0 Å². The van der Waals surface area contributed by atoms with E-state index in [1.54, 1.807) is 0 Å². The normalized spacial score (nSPS) is 9.38. The van der Waals surface area contributed by atoms with Gasteiger partial charge in [-0.25, -0.2) is 0 Å². The Morgan fingerprint density at radius 2 is 1.46 bits per heavy atom. The van der Waals surface area contributed by atoms with Crippen molar-refractivity contribution >= 4 is 0 Å². The van der Waals surface area contributed by atoms with Crippen LogP contribution >= 0.6 is 0 Å². The first-order valence-corrected chi connectivity index (χ1v) is 4.74. The fraction of sp³-hybridized carbons (Fsp3) is 0.500. The number of hydrogen-bond acceptors (Lipinski definition) is 1. The molecule has 0 aliphatic carbocycles. The zero-order valence-corrected chi connectivity index (χ0v) is 9.46. The highest BCUT2D eigenvalue weighted by molar-refractivity contribution is 5.20. The molecule has 0 amide bonds. The second-order valence-electron chi connectivity index (χ2n) is 3.55. The maximum Gasteiger partial charge on any atom is -0.00533 e. The van der Waals surface area contributed by atoms with E-state index in [4.69, 9.17) is 0 Å². The van der Waals surface area contributed by atoms with Crippen LogP contribution in [0.25, 0.3) is 0 Å². The van der Waals surface area contributed by atoms with Crippen LogP contribution in [0, 0.1) is 13.8 Å². The summed E-state index contributed by atoms with van der Waals surface area (Å²) in [6.07, 6.45) is 0. The molecule has 13 heavy (non-hydrogen) atoms. The second kappa shape index (κ2) is 6.67. The van der Waals surface area contributed by atoms with Crippen molar-refractivity contribution in [1.82, 2.24) is 4.90 Å². The van der Waals surface area contributed by atoms with Crippen molar-refractivity contribution in [1.29, 1.82) is 0 Å². The highest BCUT2D eigenvalue weighted by atomic mass is 15.0. The number of nitrogens with zero attached hydrogens (tertiary/aromatic N) is 1. The molecular weight excluding hydrogens is 158 g/mol. The summed E-state index contributed by atoms with van der Waals surface area (Å²) in [6.45, 7) is 7.47. The third-order valence-electron chi connectivity index (χ3n) is 1.81. The third-order valence-corrected chi connectivity index (χ3v) is 1.81. The first-order valence-electron chi connectivity index (χ1n) is 4.74. The molecule has 0 radical (unpaired) electrons. The van der Waals surface area contributed by atoms with Crippen LogP contribution < -0.4 is 0 Å². The molecule has 0 N–H and O–H groups in total. The molecule has 1 heteroatoms. The summed E-state index contributed by atoms with van der Waals surface area (Å²) < 4.78 is 0. The minimum absolute atomic E-state index is 1.14. The molecule has 0 atom stereocenters. The first-order chi connectivity index (χ1) is 6.06. The lowest BCUT2D eigenvalue weighted by Gasteiger charge is -2.00. The minimum Gasteiger partial charge on any atom is -0.310 e. The number of aryl methyl sites for hydroxylation is 2. The van der Waals surface area contributed by atoms with Gasteiger partial charge in [0.05, 0.1) is 0 Å². The molecular formula is C12H21N. The van der Waals surface area contributed by atoms with Crippen LogP contribution in [0.3, 0.4) is 0 Å². The lowest BCUT2D eigenvalue weighted by Crippen LogP contribution is -2.08. The Morgan fingerprint density at radius 1 is 1.08 bits per heavy atom. The summed E-state index contributed by atoms with van der Waals surface area (Å²) in [5.41, 5.74) is 2.68. The number of hydrogen-bond donors (Lipinski definition) is 0. The van der Waals surface area contributed by atoms with Gasteiger partial charge in [-0.15, -0.1) is 0 Å². The number of rotatable bonds is 1. The van der Waals surface area contributed by atoms with Gasteiger partial charge in [-0.3, -0.25) is 0 Å². The fourth-order valence-corrected chi connectivity index (χ4v) is 0.807. The summed E-state index contributed by atoms with van der Waals surface area (Å²) in [7, 11) is 4.11. The molecule has 74 valence electrons. The van der Waals surface area contributed by atoms with E-state index in [-0.39, 0.29) is 0 Å². The summed E-state index contributed by atoms with van der Waals surface area (Å²) in [5.74, 6) is 0. The highest BCUT2D eigenvalue weighted by Crippen LogP contribution is 2.00. The Kier molecular flexibility index (Phi) is 6.25. The van der Waals surface area contributed by atoms with Gasteiger partial charge in [-0.1, -0.05) is 42.3 Å². The predicted octanol–water partition coefficient (Wildman–Crippen LogP) is 2.87. The Balaban J connectivity index is 0.000000252. The van der Waals surface area contributed by atoms with E-state index in [0.717, 1.165) is 6.54 Å². The van der Waals surface area contributed by atoms with Crippen LogP contribution in [0.4, 0.5) is 0 Å². The molecule has 1 aromatic carbocycles. The minimum atomic E-state index is 1.14. The summed E-state index contributed by atoms with van der Waals surface area (Å²) in [4.78, 5) is 2.12. The van der Waals surface area contributed by atoms with E-state index in [2.05, 4.69) is 64.0 Å². The molecule has 0 saturated carbocycles. The average Bonchev–Trinajstić information content (AvgIpc) is 2.05. The highest BCUT2D eigenvalue weighted by Gasteiger charge is 1.80. The molecule has 1 nitrogen and oxygen atoms in total. The van der Waals surface area contributed by atoms with Crippen molar-refractivity contribution < 1.29 is 0 Å². The summed E-state index contributed by atoms with van der Waals surface area (Å²) >= 11 is 0. The SMILES string of the molecule is CCN(C)C.Cc1cccc(C)c1. The van der Waals surface area contributed by atoms with Crippen molar-refractivity contribution in [3.8, 4) is 0 Å². The van der Waals surface area contributed by atoms with E-state index in [9.17, 15) is 0 Å². The summed E-state index contributed by atoms with van der Waals surface area (Å²) in [5, 5.41) is 0. The van der Waals surface area contributed by atoms with Gasteiger partial charge in [0, 0.05) is 0 Å². The Labute approximate surface area is 82.4 Å². The van der Waals surface area contributed by atoms with Crippen LogP contribution in [0.1, 0.15) is 18.1 Å². The van der Waals surface area contributed by atoms with Crippen molar-refractivity contribution in [2.24, 2.45) is 0 Å². The topological polar surface area (TPSA) is 3.24 Å². The second-order valence-corrected chi connectivity index (χ2v) is 3.55. The van der Waals surface area contributed by atoms with Gasteiger partial charge in [0.1, 0.15) is 0 Å². The molecule has 0 aliphatic heterocycles. The van der Waals surface area contributed by atoms with Crippen LogP contribution in [-0.4, -0.2) is 25.5 Å². The third kappa shape index (κ3) is 7.54. The van der Waals surface area contributed by atoms with Crippen LogP contribution in [0.15, 0.2) is 24.3 Å². The average molecular weight is 179 g/mol. The summed E-state index contributed by atoms with van der Waals surface area (Å²) in [6, 6.07) is 8.45. The lowest BCUT2D eigenvalue weighted by molar-refractivity contribution is 0.434. The van der Waals surface area contributed by atoms with E-state index in [1.165, 1.54) is 11.1 Å². The van der Waals surface area contributed by atoms with Crippen LogP contribution in [0.5, 0.6) is 0 Å². The van der Waals surface area contributed by atoms with Crippen molar-refractivity contribution in [3.05, 3.63) is 35.4 Å². The molecule has 0 heterocycles. The van der Waals surface area contributed by atoms with Gasteiger partial charge >= 0.3 is 0 Å². The van der Waals surface area contributed by atoms with E-state index < -0.39 is 0 Å². The molecule has 0 unspecified atom stereocenters. The monoisotopic (exact) mass is 179 g/mol. The lowest BCUT2D eigenvalue weighted by atomic mass is 10.2. The van der Waals surface area contributed by atoms with Gasteiger partial charge in [-0.2, -0.15) is 0 Å². The zero-order chi connectivity index (χ0) is 10.3. The molecule has 1 rings (SSSR count). The predicted molar refractivity (Wildman–Crippen MR) is 60.1 cm³/mol. The molecule has 0 bridgehead atoms. The quantitative estimate of drug-likeness (QED) is 0.640. The largest absolute Gasteiger partial charge is 0.310 e. The Hall–Kier alpha value is -0.820. The van der Waals surface area contributed by atoms with Gasteiger partial charge in [-0.05, 0) is 34.5 Å². The molecule has 1 aromatic rings. The molecule has 0 aliphatic rings. The van der Waals surface area contributed by atoms with E-state index >= 15 is 0 Å². The molecule has 0 fully saturated rings. The molecule has 0 aromatic heterocycles. The van der Waals surface area contributed by atoms with Crippen LogP contribution in [0.2, 0.25) is 0 Å². The Morgan fingerprint density at radius 3 is 1.62 bits per heavy atom. The van der Waals surface area contributed by atoms with Gasteiger partial charge < -0.3 is 4.90 Å². The van der Waals surface area contributed by atoms with Crippen molar-refractivity contribution in [2.45, 2.75) is 20.8 Å². The van der Waals surface area contributed by atoms with Gasteiger partial charge in [0.25, 0.3) is 0 Å². The standard InChI is InChI=1S/C8H10.C4H11N/c1-7-4-3-5-8(2)6-7;1-4-5(2)3/h3-6H,1-2H3;4H2,1-3H3. The van der Waals surface area contributed by atoms with Crippen molar-refractivity contribution in [2.75, 3.05) is 20.6 Å². The molecule has 0 spiro atoms. The Bertz CT molecular complexity index is 211. The van der Waals surface area contributed by atoms with E-state index in [0.29, 0.717) is 0 Å². The molecule has 0 saturated heterocycles.